The quantitative estimate of drug-likeness (QED) is 0.550. The summed E-state index contributed by atoms with van der Waals surface area (Å²) in [6.07, 6.45) is -4.75. The third kappa shape index (κ3) is 2.77. The van der Waals surface area contributed by atoms with Crippen molar-refractivity contribution in [3.63, 3.8) is 0 Å². The third-order valence-electron chi connectivity index (χ3n) is 1.97. The van der Waals surface area contributed by atoms with E-state index in [9.17, 15) is 18.3 Å². The molecule has 0 atom stereocenters. The molecule has 0 heterocycles. The van der Waals surface area contributed by atoms with E-state index in [1.165, 1.54) is 0 Å². The molecule has 0 saturated heterocycles. The van der Waals surface area contributed by atoms with Crippen molar-refractivity contribution in [3.05, 3.63) is 23.3 Å². The molecule has 1 aromatic rings. The monoisotopic (exact) mass is 237 g/mol. The molecule has 16 heavy (non-hydrogen) atoms. The summed E-state index contributed by atoms with van der Waals surface area (Å²) in [4.78, 5) is 4.19. The topological polar surface area (TPSA) is 75.7 Å². The van der Waals surface area contributed by atoms with Crippen LogP contribution in [0.25, 0.3) is 0 Å². The number of nitrogens with two attached hydrogens (primary N) is 1. The summed E-state index contributed by atoms with van der Waals surface area (Å²) < 4.78 is 37.2. The van der Waals surface area contributed by atoms with Crippen molar-refractivity contribution in [1.82, 2.24) is 0 Å². The van der Waals surface area contributed by atoms with Crippen molar-refractivity contribution in [2.24, 2.45) is 5.90 Å². The first kappa shape index (κ1) is 12.6. The summed E-state index contributed by atoms with van der Waals surface area (Å²) in [6, 6.07) is 1.49. The fourth-order valence-electron chi connectivity index (χ4n) is 1.25. The predicted octanol–water partition coefficient (Wildman–Crippen LogP) is 1.55. The smallest absolute Gasteiger partial charge is 0.420 e. The van der Waals surface area contributed by atoms with E-state index in [1.807, 2.05) is 0 Å². The summed E-state index contributed by atoms with van der Waals surface area (Å²) in [6.45, 7) is -0.0612. The van der Waals surface area contributed by atoms with Crippen molar-refractivity contribution in [2.75, 3.05) is 6.61 Å². The van der Waals surface area contributed by atoms with Crippen LogP contribution in [-0.2, 0) is 17.4 Å². The van der Waals surface area contributed by atoms with Crippen LogP contribution in [0.15, 0.2) is 12.1 Å². The van der Waals surface area contributed by atoms with Gasteiger partial charge in [0.05, 0.1) is 6.61 Å². The van der Waals surface area contributed by atoms with Crippen LogP contribution in [0, 0.1) is 0 Å². The van der Waals surface area contributed by atoms with E-state index in [2.05, 4.69) is 4.84 Å². The van der Waals surface area contributed by atoms with Gasteiger partial charge in [-0.05, 0) is 12.1 Å². The van der Waals surface area contributed by atoms with Crippen LogP contribution in [0.5, 0.6) is 11.5 Å². The Bertz CT molecular complexity index is 379. The number of hydrogen-bond acceptors (Lipinski definition) is 4. The normalized spacial score (nSPS) is 11.8. The molecule has 0 radical (unpaired) electrons. The Morgan fingerprint density at radius 1 is 1.25 bits per heavy atom. The van der Waals surface area contributed by atoms with Crippen LogP contribution in [0.4, 0.5) is 13.2 Å². The van der Waals surface area contributed by atoms with E-state index in [0.29, 0.717) is 6.07 Å². The number of rotatable bonds is 3. The SMILES string of the molecule is NOCCc1cc(O)cc(C(F)(F)F)c1O. The van der Waals surface area contributed by atoms with Gasteiger partial charge in [0.15, 0.2) is 0 Å². The fourth-order valence-corrected chi connectivity index (χ4v) is 1.25. The highest BCUT2D eigenvalue weighted by atomic mass is 19.4. The Labute approximate surface area is 89.0 Å². The highest BCUT2D eigenvalue weighted by Gasteiger charge is 2.35. The maximum absolute atomic E-state index is 12.4. The van der Waals surface area contributed by atoms with Crippen LogP contribution in [0.1, 0.15) is 11.1 Å². The van der Waals surface area contributed by atoms with Gasteiger partial charge in [-0.25, -0.2) is 5.90 Å². The fraction of sp³-hybridized carbons (Fsp3) is 0.333. The van der Waals surface area contributed by atoms with Gasteiger partial charge in [-0.15, -0.1) is 0 Å². The van der Waals surface area contributed by atoms with Gasteiger partial charge in [0.1, 0.15) is 17.1 Å². The Hall–Kier alpha value is -1.47. The molecule has 0 aliphatic rings. The first-order valence-electron chi connectivity index (χ1n) is 4.30. The average Bonchev–Trinajstić information content (AvgIpc) is 2.17. The molecule has 0 unspecified atom stereocenters. The van der Waals surface area contributed by atoms with Gasteiger partial charge in [-0.1, -0.05) is 0 Å². The lowest BCUT2D eigenvalue weighted by atomic mass is 10.1. The van der Waals surface area contributed by atoms with Gasteiger partial charge < -0.3 is 15.1 Å². The minimum atomic E-state index is -4.72. The zero-order valence-corrected chi connectivity index (χ0v) is 8.08. The van der Waals surface area contributed by atoms with E-state index < -0.39 is 23.2 Å². The van der Waals surface area contributed by atoms with Crippen LogP contribution < -0.4 is 5.90 Å². The molecule has 0 saturated carbocycles. The van der Waals surface area contributed by atoms with E-state index in [1.54, 1.807) is 0 Å². The van der Waals surface area contributed by atoms with Gasteiger partial charge in [0.25, 0.3) is 0 Å². The number of benzene rings is 1. The molecule has 1 aromatic carbocycles. The highest BCUT2D eigenvalue weighted by Crippen LogP contribution is 2.39. The van der Waals surface area contributed by atoms with Crippen molar-refractivity contribution in [3.8, 4) is 11.5 Å². The van der Waals surface area contributed by atoms with E-state index in [4.69, 9.17) is 11.0 Å². The van der Waals surface area contributed by atoms with Crippen LogP contribution in [0.3, 0.4) is 0 Å². The van der Waals surface area contributed by atoms with Crippen LogP contribution in [0.2, 0.25) is 0 Å². The third-order valence-corrected chi connectivity index (χ3v) is 1.97. The molecule has 0 bridgehead atoms. The maximum Gasteiger partial charge on any atom is 0.420 e. The lowest BCUT2D eigenvalue weighted by molar-refractivity contribution is -0.138. The number of phenolic OH excluding ortho intramolecular Hbond substituents is 2. The second-order valence-corrected chi connectivity index (χ2v) is 3.12. The molecule has 0 fully saturated rings. The molecule has 0 aromatic heterocycles. The van der Waals surface area contributed by atoms with Gasteiger partial charge in [-0.3, -0.25) is 0 Å². The molecule has 90 valence electrons. The van der Waals surface area contributed by atoms with E-state index in [0.717, 1.165) is 6.07 Å². The second kappa shape index (κ2) is 4.58. The standard InChI is InChI=1S/C9H10F3NO3/c10-9(11,12)7-4-6(14)3-5(8(7)15)1-2-16-13/h3-4,14-15H,1-2,13H2. The number of halogens is 3. The Morgan fingerprint density at radius 2 is 1.88 bits per heavy atom. The number of alkyl halides is 3. The summed E-state index contributed by atoms with van der Waals surface area (Å²) in [5, 5.41) is 18.4. The lowest BCUT2D eigenvalue weighted by Crippen LogP contribution is -2.08. The predicted molar refractivity (Wildman–Crippen MR) is 48.6 cm³/mol. The van der Waals surface area contributed by atoms with Crippen LogP contribution in [-0.4, -0.2) is 16.8 Å². The number of hydrogen-bond donors (Lipinski definition) is 3. The number of phenols is 2. The van der Waals surface area contributed by atoms with E-state index >= 15 is 0 Å². The first-order valence-corrected chi connectivity index (χ1v) is 4.30. The second-order valence-electron chi connectivity index (χ2n) is 3.12. The molecule has 4 nitrogen and oxygen atoms in total. The Kier molecular flexibility index (Phi) is 3.61. The Morgan fingerprint density at radius 3 is 2.38 bits per heavy atom. The average molecular weight is 237 g/mol. The highest BCUT2D eigenvalue weighted by molar-refractivity contribution is 5.47. The van der Waals surface area contributed by atoms with Gasteiger partial charge >= 0.3 is 6.18 Å². The molecule has 0 amide bonds. The Balaban J connectivity index is 3.16. The van der Waals surface area contributed by atoms with Gasteiger partial charge in [-0.2, -0.15) is 13.2 Å². The number of aromatic hydroxyl groups is 2. The largest absolute Gasteiger partial charge is 0.508 e. The van der Waals surface area contributed by atoms with E-state index in [-0.39, 0.29) is 18.6 Å². The molecule has 0 aliphatic carbocycles. The zero-order valence-electron chi connectivity index (χ0n) is 8.08. The van der Waals surface area contributed by atoms with Crippen LogP contribution >= 0.6 is 0 Å². The summed E-state index contributed by atoms with van der Waals surface area (Å²) in [5.41, 5.74) is -1.35. The lowest BCUT2D eigenvalue weighted by Gasteiger charge is -2.13. The molecular weight excluding hydrogens is 227 g/mol. The minimum absolute atomic E-state index is 0.0280. The van der Waals surface area contributed by atoms with Crippen molar-refractivity contribution >= 4 is 0 Å². The summed E-state index contributed by atoms with van der Waals surface area (Å²) >= 11 is 0. The molecule has 4 N–H and O–H groups in total. The van der Waals surface area contributed by atoms with Crippen molar-refractivity contribution in [1.29, 1.82) is 0 Å². The molecule has 0 aliphatic heterocycles. The van der Waals surface area contributed by atoms with Crippen molar-refractivity contribution < 1.29 is 28.2 Å². The summed E-state index contributed by atoms with van der Waals surface area (Å²) in [7, 11) is 0. The molecule has 7 heteroatoms. The minimum Gasteiger partial charge on any atom is -0.508 e. The molecule has 1 rings (SSSR count). The van der Waals surface area contributed by atoms with Gasteiger partial charge in [0, 0.05) is 12.0 Å². The zero-order chi connectivity index (χ0) is 12.3. The van der Waals surface area contributed by atoms with Crippen molar-refractivity contribution in [2.45, 2.75) is 12.6 Å². The molecular formula is C9H10F3NO3. The maximum atomic E-state index is 12.4. The summed E-state index contributed by atoms with van der Waals surface area (Å²) in [5.74, 6) is 3.24. The first-order chi connectivity index (χ1) is 7.36. The molecule has 0 spiro atoms. The van der Waals surface area contributed by atoms with Gasteiger partial charge in [0.2, 0.25) is 0 Å².